The number of aliphatic imine (C=N–C) groups is 1. The van der Waals surface area contributed by atoms with Crippen LogP contribution in [0.5, 0.6) is 5.75 Å². The number of rotatable bonds is 3. The molecule has 1 rings (SSSR count). The van der Waals surface area contributed by atoms with Crippen LogP contribution in [0.1, 0.15) is 0 Å². The van der Waals surface area contributed by atoms with Crippen molar-refractivity contribution >= 4 is 30.4 Å². The lowest BCUT2D eigenvalue weighted by Gasteiger charge is -2.03. The largest absolute Gasteiger partial charge is 0.707 e. The average molecular weight is 195 g/mol. The van der Waals surface area contributed by atoms with E-state index in [-0.39, 0.29) is 0 Å². The highest BCUT2D eigenvalue weighted by Gasteiger charge is 2.10. The maximum Gasteiger partial charge on any atom is 0.707 e. The lowest BCUT2D eigenvalue weighted by atomic mass is 10.2. The second kappa shape index (κ2) is 4.74. The van der Waals surface area contributed by atoms with Gasteiger partial charge < -0.3 is 14.7 Å². The highest BCUT2D eigenvalue weighted by atomic mass is 32.1. The normalized spacial score (nSPS) is 8.77. The van der Waals surface area contributed by atoms with Crippen LogP contribution in [0.25, 0.3) is 0 Å². The van der Waals surface area contributed by atoms with Gasteiger partial charge in [-0.3, -0.25) is 0 Å². The molecule has 4 nitrogen and oxygen atoms in total. The van der Waals surface area contributed by atoms with Crippen LogP contribution < -0.4 is 4.65 Å². The van der Waals surface area contributed by atoms with E-state index in [2.05, 4.69) is 27.0 Å². The zero-order valence-corrected chi connectivity index (χ0v) is 7.36. The van der Waals surface area contributed by atoms with Gasteiger partial charge in [0, 0.05) is 0 Å². The lowest BCUT2D eigenvalue weighted by Crippen LogP contribution is -2.20. The average Bonchev–Trinajstić information content (AvgIpc) is 2.08. The van der Waals surface area contributed by atoms with Gasteiger partial charge in [0.15, 0.2) is 0 Å². The topological polar surface area (TPSA) is 62.0 Å². The summed E-state index contributed by atoms with van der Waals surface area (Å²) in [5, 5.41) is 19.1. The van der Waals surface area contributed by atoms with Crippen LogP contribution in [0.15, 0.2) is 29.3 Å². The van der Waals surface area contributed by atoms with E-state index in [1.807, 2.05) is 0 Å². The summed E-state index contributed by atoms with van der Waals surface area (Å²) < 4.78 is 4.57. The first-order valence-corrected chi connectivity index (χ1v) is 3.84. The summed E-state index contributed by atoms with van der Waals surface area (Å²) >= 11 is 4.41. The van der Waals surface area contributed by atoms with E-state index in [4.69, 9.17) is 10.0 Å². The standard InChI is InChI=1S/C7H6BNO3S/c10-8(11)12-7-3-1-6(2-4-7)9-5-13/h1-4,10-11H. The van der Waals surface area contributed by atoms with Crippen LogP contribution in [0, 0.1) is 0 Å². The van der Waals surface area contributed by atoms with Crippen molar-refractivity contribution in [3.63, 3.8) is 0 Å². The third kappa shape index (κ3) is 3.35. The van der Waals surface area contributed by atoms with Gasteiger partial charge >= 0.3 is 7.32 Å². The summed E-state index contributed by atoms with van der Waals surface area (Å²) in [7, 11) is -1.81. The number of isothiocyanates is 1. The molecule has 1 aromatic carbocycles. The molecule has 0 atom stereocenters. The van der Waals surface area contributed by atoms with Crippen molar-refractivity contribution in [1.29, 1.82) is 0 Å². The predicted molar refractivity (Wildman–Crippen MR) is 51.9 cm³/mol. The van der Waals surface area contributed by atoms with Crippen LogP contribution in [-0.4, -0.2) is 22.5 Å². The fraction of sp³-hybridized carbons (Fsp3) is 0. The van der Waals surface area contributed by atoms with Crippen LogP contribution in [-0.2, 0) is 0 Å². The van der Waals surface area contributed by atoms with Crippen molar-refractivity contribution in [2.75, 3.05) is 0 Å². The van der Waals surface area contributed by atoms with Gasteiger partial charge in [-0.05, 0) is 36.5 Å². The van der Waals surface area contributed by atoms with E-state index in [9.17, 15) is 0 Å². The smallest absolute Gasteiger partial charge is 0.512 e. The fourth-order valence-corrected chi connectivity index (χ4v) is 0.879. The molecule has 0 aliphatic rings. The van der Waals surface area contributed by atoms with E-state index in [0.29, 0.717) is 11.4 Å². The molecule has 2 N–H and O–H groups in total. The highest BCUT2D eigenvalue weighted by Crippen LogP contribution is 2.17. The zero-order chi connectivity index (χ0) is 9.68. The Morgan fingerprint density at radius 3 is 2.38 bits per heavy atom. The minimum atomic E-state index is -1.81. The van der Waals surface area contributed by atoms with E-state index < -0.39 is 7.32 Å². The molecule has 0 aliphatic carbocycles. The van der Waals surface area contributed by atoms with Gasteiger partial charge in [0.2, 0.25) is 0 Å². The van der Waals surface area contributed by atoms with Gasteiger partial charge in [0.05, 0.1) is 10.8 Å². The van der Waals surface area contributed by atoms with Crippen molar-refractivity contribution in [1.82, 2.24) is 0 Å². The summed E-state index contributed by atoms with van der Waals surface area (Å²) in [6.45, 7) is 0. The Bertz CT molecular complexity index is 321. The minimum Gasteiger partial charge on any atom is -0.512 e. The molecule has 0 unspecified atom stereocenters. The summed E-state index contributed by atoms with van der Waals surface area (Å²) in [6.07, 6.45) is 0. The molecular weight excluding hydrogens is 189 g/mol. The van der Waals surface area contributed by atoms with E-state index in [1.54, 1.807) is 24.3 Å². The quantitative estimate of drug-likeness (QED) is 0.424. The molecule has 0 radical (unpaired) electrons. The maximum absolute atomic E-state index is 8.46. The lowest BCUT2D eigenvalue weighted by molar-refractivity contribution is 0.288. The van der Waals surface area contributed by atoms with Crippen LogP contribution >= 0.6 is 12.2 Å². The fourth-order valence-electron chi connectivity index (χ4n) is 0.774. The Hall–Kier alpha value is -1.20. The van der Waals surface area contributed by atoms with E-state index in [1.165, 1.54) is 0 Å². The molecule has 0 aliphatic heterocycles. The van der Waals surface area contributed by atoms with Crippen LogP contribution in [0.2, 0.25) is 0 Å². The first-order chi connectivity index (χ1) is 6.22. The number of hydrogen-bond donors (Lipinski definition) is 2. The third-order valence-corrected chi connectivity index (χ3v) is 1.34. The molecule has 0 saturated carbocycles. The predicted octanol–water partition coefficient (Wildman–Crippen LogP) is 0.769. The first kappa shape index (κ1) is 9.89. The summed E-state index contributed by atoms with van der Waals surface area (Å²) in [5.74, 6) is 0.346. The van der Waals surface area contributed by atoms with Crippen molar-refractivity contribution in [2.24, 2.45) is 4.99 Å². The van der Waals surface area contributed by atoms with Crippen molar-refractivity contribution in [3.8, 4) is 5.75 Å². The highest BCUT2D eigenvalue weighted by molar-refractivity contribution is 7.78. The van der Waals surface area contributed by atoms with E-state index >= 15 is 0 Å². The molecule has 0 aromatic heterocycles. The molecule has 13 heavy (non-hydrogen) atoms. The molecule has 0 fully saturated rings. The third-order valence-electron chi connectivity index (χ3n) is 1.25. The van der Waals surface area contributed by atoms with Crippen LogP contribution in [0.4, 0.5) is 5.69 Å². The minimum absolute atomic E-state index is 0.346. The van der Waals surface area contributed by atoms with Gasteiger partial charge in [-0.1, -0.05) is 0 Å². The van der Waals surface area contributed by atoms with Gasteiger partial charge in [0.1, 0.15) is 5.75 Å². The van der Waals surface area contributed by atoms with Gasteiger partial charge in [0.25, 0.3) is 0 Å². The number of thiocarbonyl (C=S) groups is 1. The summed E-state index contributed by atoms with van der Waals surface area (Å²) in [5.41, 5.74) is 0.634. The molecule has 66 valence electrons. The number of hydrogen-bond acceptors (Lipinski definition) is 5. The molecule has 0 bridgehead atoms. The van der Waals surface area contributed by atoms with Crippen molar-refractivity contribution in [2.45, 2.75) is 0 Å². The molecular formula is C7H6BNO3S. The second-order valence-corrected chi connectivity index (χ2v) is 2.32. The Kier molecular flexibility index (Phi) is 3.61. The van der Waals surface area contributed by atoms with E-state index in [0.717, 1.165) is 0 Å². The van der Waals surface area contributed by atoms with Gasteiger partial charge in [-0.25, -0.2) is 0 Å². The summed E-state index contributed by atoms with van der Waals surface area (Å²) in [6, 6.07) is 6.34. The first-order valence-electron chi connectivity index (χ1n) is 3.43. The van der Waals surface area contributed by atoms with Gasteiger partial charge in [-0.2, -0.15) is 4.99 Å². The van der Waals surface area contributed by atoms with Crippen LogP contribution in [0.3, 0.4) is 0 Å². The molecule has 0 spiro atoms. The summed E-state index contributed by atoms with van der Waals surface area (Å²) in [4.78, 5) is 3.71. The zero-order valence-electron chi connectivity index (χ0n) is 6.54. The molecule has 1 aromatic rings. The monoisotopic (exact) mass is 195 g/mol. The Balaban J connectivity index is 2.75. The van der Waals surface area contributed by atoms with Crippen molar-refractivity contribution in [3.05, 3.63) is 24.3 Å². The van der Waals surface area contributed by atoms with Crippen molar-refractivity contribution < 1.29 is 14.7 Å². The molecule has 0 amide bonds. The number of nitrogens with zero attached hydrogens (tertiary/aromatic N) is 1. The second-order valence-electron chi connectivity index (χ2n) is 2.14. The molecule has 6 heteroatoms. The SMILES string of the molecule is OB(O)Oc1ccc(N=C=S)cc1. The van der Waals surface area contributed by atoms with Gasteiger partial charge in [-0.15, -0.1) is 0 Å². The Morgan fingerprint density at radius 2 is 1.92 bits per heavy atom. The molecule has 0 saturated heterocycles. The Labute approximate surface area is 80.7 Å². The molecule has 0 heterocycles. The number of benzene rings is 1. The maximum atomic E-state index is 8.46. The Morgan fingerprint density at radius 1 is 1.31 bits per heavy atom.